The SMILES string of the molecule is CC(C)S(=O)(=O)[O-]. The summed E-state index contributed by atoms with van der Waals surface area (Å²) >= 11 is 0. The smallest absolute Gasteiger partial charge is 0.0969 e. The van der Waals surface area contributed by atoms with Crippen molar-refractivity contribution in [2.24, 2.45) is 0 Å². The Hall–Kier alpha value is -0.0900. The van der Waals surface area contributed by atoms with Crippen LogP contribution in [0.15, 0.2) is 0 Å². The molecule has 0 aliphatic heterocycles. The second-order valence-electron chi connectivity index (χ2n) is 1.54. The molecule has 0 aromatic carbocycles. The maximum atomic E-state index is 9.78. The van der Waals surface area contributed by atoms with Gasteiger partial charge < -0.3 is 4.55 Å². The number of hydrogen-bond donors (Lipinski definition) is 0. The minimum absolute atomic E-state index is 0.785. The monoisotopic (exact) mass is 123 g/mol. The molecule has 0 bridgehead atoms. The average Bonchev–Trinajstić information content (AvgIpc) is 1.31. The first-order chi connectivity index (χ1) is 2.94. The lowest BCUT2D eigenvalue weighted by Gasteiger charge is -2.08. The van der Waals surface area contributed by atoms with E-state index in [0.29, 0.717) is 0 Å². The second-order valence-corrected chi connectivity index (χ2v) is 3.47. The van der Waals surface area contributed by atoms with Crippen molar-refractivity contribution < 1.29 is 13.0 Å². The van der Waals surface area contributed by atoms with E-state index in [9.17, 15) is 13.0 Å². The van der Waals surface area contributed by atoms with Gasteiger partial charge in [-0.15, -0.1) is 0 Å². The first-order valence-corrected chi connectivity index (χ1v) is 3.36. The number of hydrogen-bond acceptors (Lipinski definition) is 3. The van der Waals surface area contributed by atoms with E-state index in [4.69, 9.17) is 0 Å². The maximum absolute atomic E-state index is 9.78. The van der Waals surface area contributed by atoms with Crippen LogP contribution in [0, 0.1) is 0 Å². The highest BCUT2D eigenvalue weighted by Gasteiger charge is 1.98. The van der Waals surface area contributed by atoms with Crippen LogP contribution in [0.1, 0.15) is 13.8 Å². The fourth-order valence-electron chi connectivity index (χ4n) is 0. The van der Waals surface area contributed by atoms with Gasteiger partial charge in [-0.2, -0.15) is 0 Å². The lowest BCUT2D eigenvalue weighted by molar-refractivity contribution is 0.454. The minimum atomic E-state index is -3.99. The molecule has 3 nitrogen and oxygen atoms in total. The van der Waals surface area contributed by atoms with Gasteiger partial charge in [0, 0.05) is 5.25 Å². The van der Waals surface area contributed by atoms with Crippen LogP contribution in [0.25, 0.3) is 0 Å². The summed E-state index contributed by atoms with van der Waals surface area (Å²) in [7, 11) is -3.99. The van der Waals surface area contributed by atoms with E-state index in [1.165, 1.54) is 13.8 Å². The molecule has 0 fully saturated rings. The van der Waals surface area contributed by atoms with Gasteiger partial charge in [0.25, 0.3) is 0 Å². The van der Waals surface area contributed by atoms with Crippen molar-refractivity contribution in [1.29, 1.82) is 0 Å². The van der Waals surface area contributed by atoms with Crippen LogP contribution in [0.3, 0.4) is 0 Å². The molecule has 0 rings (SSSR count). The van der Waals surface area contributed by atoms with Crippen molar-refractivity contribution in [3.8, 4) is 0 Å². The molecule has 0 amide bonds. The highest BCUT2D eigenvalue weighted by Crippen LogP contribution is 1.91. The van der Waals surface area contributed by atoms with Crippen LogP contribution in [-0.4, -0.2) is 18.2 Å². The number of rotatable bonds is 1. The fourth-order valence-corrected chi connectivity index (χ4v) is 0. The molecule has 7 heavy (non-hydrogen) atoms. The summed E-state index contributed by atoms with van der Waals surface area (Å²) in [5.41, 5.74) is 0. The summed E-state index contributed by atoms with van der Waals surface area (Å²) in [5, 5.41) is -0.785. The van der Waals surface area contributed by atoms with Crippen molar-refractivity contribution in [1.82, 2.24) is 0 Å². The molecule has 0 heterocycles. The zero-order valence-electron chi connectivity index (χ0n) is 4.21. The van der Waals surface area contributed by atoms with Gasteiger partial charge in [0.15, 0.2) is 0 Å². The molecule has 0 saturated heterocycles. The van der Waals surface area contributed by atoms with E-state index >= 15 is 0 Å². The van der Waals surface area contributed by atoms with Crippen molar-refractivity contribution in [3.63, 3.8) is 0 Å². The van der Waals surface area contributed by atoms with Gasteiger partial charge in [0.1, 0.15) is 0 Å². The summed E-state index contributed by atoms with van der Waals surface area (Å²) in [6.07, 6.45) is 0. The van der Waals surface area contributed by atoms with E-state index < -0.39 is 15.4 Å². The summed E-state index contributed by atoms with van der Waals surface area (Å²) < 4.78 is 29.3. The zero-order valence-corrected chi connectivity index (χ0v) is 5.03. The average molecular weight is 123 g/mol. The van der Waals surface area contributed by atoms with Gasteiger partial charge in [0.2, 0.25) is 0 Å². The molecular formula is C3H7O3S-. The third-order valence-electron chi connectivity index (χ3n) is 0.577. The van der Waals surface area contributed by atoms with Crippen molar-refractivity contribution >= 4 is 10.1 Å². The molecule has 0 N–H and O–H groups in total. The fraction of sp³-hybridized carbons (Fsp3) is 1.00. The molecule has 0 aromatic heterocycles. The van der Waals surface area contributed by atoms with Gasteiger partial charge in [-0.25, -0.2) is 8.42 Å². The predicted octanol–water partition coefficient (Wildman–Crippen LogP) is -0.0600. The van der Waals surface area contributed by atoms with Crippen molar-refractivity contribution in [2.45, 2.75) is 19.1 Å². The molecule has 0 saturated carbocycles. The Morgan fingerprint density at radius 2 is 1.57 bits per heavy atom. The topological polar surface area (TPSA) is 57.2 Å². The van der Waals surface area contributed by atoms with E-state index in [0.717, 1.165) is 0 Å². The Labute approximate surface area is 43.1 Å². The Balaban J connectivity index is 4.10. The van der Waals surface area contributed by atoms with Crippen LogP contribution in [0.5, 0.6) is 0 Å². The van der Waals surface area contributed by atoms with Crippen LogP contribution in [-0.2, 0) is 10.1 Å². The van der Waals surface area contributed by atoms with E-state index in [1.807, 2.05) is 0 Å². The molecule has 0 spiro atoms. The van der Waals surface area contributed by atoms with Gasteiger partial charge in [-0.1, -0.05) is 0 Å². The van der Waals surface area contributed by atoms with E-state index in [-0.39, 0.29) is 0 Å². The van der Waals surface area contributed by atoms with Gasteiger partial charge in [0.05, 0.1) is 10.1 Å². The second kappa shape index (κ2) is 1.79. The third-order valence-corrected chi connectivity index (χ3v) is 1.73. The first-order valence-electron chi connectivity index (χ1n) is 1.89. The largest absolute Gasteiger partial charge is 0.748 e. The molecule has 0 unspecified atom stereocenters. The van der Waals surface area contributed by atoms with E-state index in [2.05, 4.69) is 0 Å². The molecule has 0 aliphatic carbocycles. The third kappa shape index (κ3) is 2.59. The Morgan fingerprint density at radius 3 is 1.57 bits per heavy atom. The molecule has 0 radical (unpaired) electrons. The molecule has 0 aliphatic rings. The molecule has 44 valence electrons. The summed E-state index contributed by atoms with van der Waals surface area (Å²) in [6, 6.07) is 0. The summed E-state index contributed by atoms with van der Waals surface area (Å²) in [6.45, 7) is 2.70. The molecule has 0 aromatic rings. The normalized spacial score (nSPS) is 12.6. The zero-order chi connectivity index (χ0) is 6.08. The van der Waals surface area contributed by atoms with Crippen LogP contribution in [0.4, 0.5) is 0 Å². The van der Waals surface area contributed by atoms with Crippen molar-refractivity contribution in [2.75, 3.05) is 0 Å². The molecular weight excluding hydrogens is 116 g/mol. The van der Waals surface area contributed by atoms with Gasteiger partial charge in [-0.05, 0) is 13.8 Å². The maximum Gasteiger partial charge on any atom is 0.0969 e. The standard InChI is InChI=1S/C3H8O3S/c1-3(2)7(4,5)6/h3H,1-2H3,(H,4,5,6)/p-1. The van der Waals surface area contributed by atoms with Gasteiger partial charge in [-0.3, -0.25) is 0 Å². The Morgan fingerprint density at radius 1 is 1.43 bits per heavy atom. The minimum Gasteiger partial charge on any atom is -0.748 e. The van der Waals surface area contributed by atoms with Crippen LogP contribution >= 0.6 is 0 Å². The van der Waals surface area contributed by atoms with Gasteiger partial charge >= 0.3 is 0 Å². The lowest BCUT2D eigenvalue weighted by atomic mass is 10.6. The molecule has 0 atom stereocenters. The Bertz CT molecular complexity index is 132. The van der Waals surface area contributed by atoms with Crippen LogP contribution < -0.4 is 0 Å². The summed E-state index contributed by atoms with van der Waals surface area (Å²) in [4.78, 5) is 0. The quantitative estimate of drug-likeness (QED) is 0.459. The predicted molar refractivity (Wildman–Crippen MR) is 24.8 cm³/mol. The first kappa shape index (κ1) is 6.91. The Kier molecular flexibility index (Phi) is 1.77. The lowest BCUT2D eigenvalue weighted by Crippen LogP contribution is -2.11. The highest BCUT2D eigenvalue weighted by molar-refractivity contribution is 7.86. The van der Waals surface area contributed by atoms with E-state index in [1.54, 1.807) is 0 Å². The van der Waals surface area contributed by atoms with Crippen molar-refractivity contribution in [3.05, 3.63) is 0 Å². The van der Waals surface area contributed by atoms with Crippen LogP contribution in [0.2, 0.25) is 0 Å². The highest BCUT2D eigenvalue weighted by atomic mass is 32.2. The molecule has 4 heteroatoms. The summed E-state index contributed by atoms with van der Waals surface area (Å²) in [5.74, 6) is 0.